The van der Waals surface area contributed by atoms with Gasteiger partial charge in [0.05, 0.1) is 12.3 Å². The molecule has 6 heteroatoms. The summed E-state index contributed by atoms with van der Waals surface area (Å²) in [4.78, 5) is 11.1. The molecule has 110 valence electrons. The molecule has 1 aromatic heterocycles. The van der Waals surface area contributed by atoms with Crippen LogP contribution in [-0.2, 0) is 25.8 Å². The molecule has 0 unspecified atom stereocenters. The standard InChI is InChI=1S/C15H17N3O3/c1-2-12-14(15(19)20)16-17-18(12)7-5-10-3-4-13-11(9-10)6-8-21-13/h3-4,9H,2,5-8H2,1H3,(H,19,20). The number of aromatic carboxylic acids is 1. The number of benzene rings is 1. The average Bonchev–Trinajstić information content (AvgIpc) is 3.10. The number of ether oxygens (including phenoxy) is 1. The van der Waals surface area contributed by atoms with Crippen LogP contribution in [0.2, 0.25) is 0 Å². The van der Waals surface area contributed by atoms with Crippen LogP contribution in [0.1, 0.15) is 34.2 Å². The summed E-state index contributed by atoms with van der Waals surface area (Å²) in [5, 5.41) is 16.8. The second-order valence-electron chi connectivity index (χ2n) is 5.06. The van der Waals surface area contributed by atoms with Gasteiger partial charge in [-0.3, -0.25) is 0 Å². The van der Waals surface area contributed by atoms with Gasteiger partial charge < -0.3 is 9.84 Å². The van der Waals surface area contributed by atoms with Crippen LogP contribution in [-0.4, -0.2) is 32.7 Å². The Morgan fingerprint density at radius 1 is 1.48 bits per heavy atom. The third-order valence-corrected chi connectivity index (χ3v) is 3.74. The molecule has 0 saturated carbocycles. The molecule has 1 aromatic carbocycles. The lowest BCUT2D eigenvalue weighted by molar-refractivity contribution is 0.0689. The van der Waals surface area contributed by atoms with Gasteiger partial charge in [0.2, 0.25) is 0 Å². The maximum atomic E-state index is 11.1. The molecule has 3 rings (SSSR count). The van der Waals surface area contributed by atoms with Crippen LogP contribution in [0.4, 0.5) is 0 Å². The topological polar surface area (TPSA) is 77.2 Å². The van der Waals surface area contributed by atoms with E-state index in [-0.39, 0.29) is 5.69 Å². The van der Waals surface area contributed by atoms with Gasteiger partial charge in [0.25, 0.3) is 0 Å². The van der Waals surface area contributed by atoms with Gasteiger partial charge in [-0.2, -0.15) is 0 Å². The normalized spacial score (nSPS) is 13.0. The first-order chi connectivity index (χ1) is 10.2. The zero-order chi connectivity index (χ0) is 14.8. The lowest BCUT2D eigenvalue weighted by atomic mass is 10.1. The molecular weight excluding hydrogens is 270 g/mol. The van der Waals surface area contributed by atoms with Gasteiger partial charge in [-0.05, 0) is 30.0 Å². The van der Waals surface area contributed by atoms with Gasteiger partial charge in [-0.15, -0.1) is 5.10 Å². The molecule has 1 N–H and O–H groups in total. The smallest absolute Gasteiger partial charge is 0.358 e. The molecule has 0 atom stereocenters. The molecular formula is C15H17N3O3. The Kier molecular flexibility index (Phi) is 3.60. The summed E-state index contributed by atoms with van der Waals surface area (Å²) in [6.45, 7) is 3.29. The number of fused-ring (bicyclic) bond motifs is 1. The number of aryl methyl sites for hydroxylation is 2. The number of carboxylic acid groups (broad SMARTS) is 1. The van der Waals surface area contributed by atoms with E-state index in [0.29, 0.717) is 18.7 Å². The van der Waals surface area contributed by atoms with Crippen molar-refractivity contribution in [2.24, 2.45) is 0 Å². The van der Waals surface area contributed by atoms with Gasteiger partial charge in [0, 0.05) is 13.0 Å². The highest BCUT2D eigenvalue weighted by atomic mass is 16.5. The predicted molar refractivity (Wildman–Crippen MR) is 75.7 cm³/mol. The molecule has 0 bridgehead atoms. The van der Waals surface area contributed by atoms with Crippen LogP contribution in [0.15, 0.2) is 18.2 Å². The quantitative estimate of drug-likeness (QED) is 0.906. The Balaban J connectivity index is 1.74. The van der Waals surface area contributed by atoms with Crippen molar-refractivity contribution >= 4 is 5.97 Å². The van der Waals surface area contributed by atoms with Crippen LogP contribution < -0.4 is 4.74 Å². The largest absolute Gasteiger partial charge is 0.493 e. The first kappa shape index (κ1) is 13.6. The van der Waals surface area contributed by atoms with E-state index >= 15 is 0 Å². The molecule has 0 aliphatic carbocycles. The zero-order valence-electron chi connectivity index (χ0n) is 11.9. The molecule has 0 saturated heterocycles. The number of carbonyl (C=O) groups is 1. The van der Waals surface area contributed by atoms with Crippen LogP contribution in [0, 0.1) is 0 Å². The fraction of sp³-hybridized carbons (Fsp3) is 0.400. The molecule has 0 amide bonds. The second kappa shape index (κ2) is 5.55. The fourth-order valence-corrected chi connectivity index (χ4v) is 2.66. The Hall–Kier alpha value is -2.37. The van der Waals surface area contributed by atoms with E-state index in [1.54, 1.807) is 4.68 Å². The van der Waals surface area contributed by atoms with Crippen molar-refractivity contribution in [3.8, 4) is 5.75 Å². The predicted octanol–water partition coefficient (Wildman–Crippen LogP) is 1.72. The number of nitrogens with zero attached hydrogens (tertiary/aromatic N) is 3. The average molecular weight is 287 g/mol. The summed E-state index contributed by atoms with van der Waals surface area (Å²) in [5.74, 6) is -0.0466. The van der Waals surface area contributed by atoms with Gasteiger partial charge >= 0.3 is 5.97 Å². The number of hydrogen-bond acceptors (Lipinski definition) is 4. The summed E-state index contributed by atoms with van der Waals surface area (Å²) in [7, 11) is 0. The van der Waals surface area contributed by atoms with Gasteiger partial charge in [0.1, 0.15) is 5.75 Å². The Morgan fingerprint density at radius 2 is 2.33 bits per heavy atom. The van der Waals surface area contributed by atoms with Crippen LogP contribution >= 0.6 is 0 Å². The van der Waals surface area contributed by atoms with Gasteiger partial charge in [-0.1, -0.05) is 24.3 Å². The number of hydrogen-bond donors (Lipinski definition) is 1. The van der Waals surface area contributed by atoms with Crippen LogP contribution in [0.25, 0.3) is 0 Å². The van der Waals surface area contributed by atoms with E-state index in [0.717, 1.165) is 25.2 Å². The summed E-state index contributed by atoms with van der Waals surface area (Å²) in [5.41, 5.74) is 3.17. The molecule has 2 aromatic rings. The molecule has 21 heavy (non-hydrogen) atoms. The molecule has 0 fully saturated rings. The SMILES string of the molecule is CCc1c(C(=O)O)nnn1CCc1ccc2c(c1)CCO2. The Bertz CT molecular complexity index is 679. The van der Waals surface area contributed by atoms with Crippen molar-refractivity contribution in [2.75, 3.05) is 6.61 Å². The van der Waals surface area contributed by atoms with Crippen molar-refractivity contribution in [2.45, 2.75) is 32.7 Å². The molecule has 6 nitrogen and oxygen atoms in total. The third-order valence-electron chi connectivity index (χ3n) is 3.74. The van der Waals surface area contributed by atoms with Crippen molar-refractivity contribution in [1.29, 1.82) is 0 Å². The highest BCUT2D eigenvalue weighted by molar-refractivity contribution is 5.86. The van der Waals surface area contributed by atoms with Gasteiger partial charge in [0.15, 0.2) is 5.69 Å². The minimum Gasteiger partial charge on any atom is -0.493 e. The second-order valence-corrected chi connectivity index (χ2v) is 5.06. The third kappa shape index (κ3) is 2.61. The zero-order valence-corrected chi connectivity index (χ0v) is 11.9. The lowest BCUT2D eigenvalue weighted by Crippen LogP contribution is -2.09. The van der Waals surface area contributed by atoms with Gasteiger partial charge in [-0.25, -0.2) is 9.48 Å². The molecule has 2 heterocycles. The van der Waals surface area contributed by atoms with Crippen molar-refractivity contribution in [3.05, 3.63) is 40.7 Å². The van der Waals surface area contributed by atoms with E-state index in [1.165, 1.54) is 11.1 Å². The van der Waals surface area contributed by atoms with Crippen molar-refractivity contribution < 1.29 is 14.6 Å². The summed E-state index contributed by atoms with van der Waals surface area (Å²) >= 11 is 0. The maximum Gasteiger partial charge on any atom is 0.358 e. The Morgan fingerprint density at radius 3 is 3.10 bits per heavy atom. The number of carboxylic acids is 1. The lowest BCUT2D eigenvalue weighted by Gasteiger charge is -2.07. The summed E-state index contributed by atoms with van der Waals surface area (Å²) < 4.78 is 7.18. The highest BCUT2D eigenvalue weighted by Gasteiger charge is 2.17. The maximum absolute atomic E-state index is 11.1. The van der Waals surface area contributed by atoms with E-state index in [1.807, 2.05) is 19.1 Å². The summed E-state index contributed by atoms with van der Waals surface area (Å²) in [6, 6.07) is 6.20. The van der Waals surface area contributed by atoms with Crippen LogP contribution in [0.3, 0.4) is 0 Å². The molecule has 0 spiro atoms. The first-order valence-electron chi connectivity index (χ1n) is 7.09. The fourth-order valence-electron chi connectivity index (χ4n) is 2.66. The minimum absolute atomic E-state index is 0.0554. The van der Waals surface area contributed by atoms with E-state index in [9.17, 15) is 4.79 Å². The van der Waals surface area contributed by atoms with Crippen molar-refractivity contribution in [1.82, 2.24) is 15.0 Å². The Labute approximate surface area is 122 Å². The number of rotatable bonds is 5. The minimum atomic E-state index is -1.02. The monoisotopic (exact) mass is 287 g/mol. The van der Waals surface area contributed by atoms with Crippen molar-refractivity contribution in [3.63, 3.8) is 0 Å². The molecule has 0 radical (unpaired) electrons. The molecule has 1 aliphatic rings. The van der Waals surface area contributed by atoms with Crippen LogP contribution in [0.5, 0.6) is 5.75 Å². The van der Waals surface area contributed by atoms with E-state index in [2.05, 4.69) is 16.4 Å². The molecule has 1 aliphatic heterocycles. The van der Waals surface area contributed by atoms with E-state index < -0.39 is 5.97 Å². The first-order valence-corrected chi connectivity index (χ1v) is 7.09. The summed E-state index contributed by atoms with van der Waals surface area (Å²) in [6.07, 6.45) is 2.35. The van der Waals surface area contributed by atoms with E-state index in [4.69, 9.17) is 9.84 Å². The highest BCUT2D eigenvalue weighted by Crippen LogP contribution is 2.26. The number of aromatic nitrogens is 3.